The molecule has 0 amide bonds. The van der Waals surface area contributed by atoms with Gasteiger partial charge in [-0.1, -0.05) is 170 Å². The molecule has 8 aromatic carbocycles. The van der Waals surface area contributed by atoms with Gasteiger partial charge in [0.15, 0.2) is 0 Å². The van der Waals surface area contributed by atoms with E-state index in [1.54, 1.807) is 10.4 Å². The first kappa shape index (κ1) is 30.3. The molecule has 0 fully saturated rings. The number of fused-ring (bicyclic) bond motifs is 8. The standard InChI is InChI=1S/C50H40Si/c1-31-29-37-17-11-23-43(49(37)45(31)41-21-9-15-35-27-25-33-13-5-7-19-39(33)47(35)41)51(3,4)44-24-12-18-38-30-32(2)46(50(38)44)42-22-10-16-36-28-26-34-14-6-8-20-40(34)48(36)42/h5-28H,29-30H2,1-4H3. The van der Waals surface area contributed by atoms with Crippen LogP contribution in [0.2, 0.25) is 13.1 Å². The average molecular weight is 669 g/mol. The topological polar surface area (TPSA) is 0 Å². The van der Waals surface area contributed by atoms with Crippen LogP contribution >= 0.6 is 0 Å². The first-order chi connectivity index (χ1) is 24.9. The van der Waals surface area contributed by atoms with Gasteiger partial charge in [-0.2, -0.15) is 0 Å². The van der Waals surface area contributed by atoms with Gasteiger partial charge in [-0.15, -0.1) is 0 Å². The molecule has 0 saturated carbocycles. The quantitative estimate of drug-likeness (QED) is 0.129. The van der Waals surface area contributed by atoms with E-state index >= 15 is 0 Å². The maximum absolute atomic E-state index is 2.60. The number of hydrogen-bond acceptors (Lipinski definition) is 0. The molecule has 0 heterocycles. The van der Waals surface area contributed by atoms with Crippen molar-refractivity contribution in [2.75, 3.05) is 0 Å². The molecule has 8 aromatic rings. The summed E-state index contributed by atoms with van der Waals surface area (Å²) in [4.78, 5) is 0. The highest BCUT2D eigenvalue weighted by Gasteiger charge is 2.38. The van der Waals surface area contributed by atoms with Gasteiger partial charge >= 0.3 is 0 Å². The van der Waals surface area contributed by atoms with Gasteiger partial charge in [0.2, 0.25) is 0 Å². The Balaban J connectivity index is 1.20. The summed E-state index contributed by atoms with van der Waals surface area (Å²) in [7, 11) is -2.29. The molecule has 0 bridgehead atoms. The van der Waals surface area contributed by atoms with Gasteiger partial charge in [0.05, 0.1) is 0 Å². The van der Waals surface area contributed by atoms with E-state index in [1.165, 1.54) is 98.8 Å². The zero-order chi connectivity index (χ0) is 34.4. The number of allylic oxidation sites excluding steroid dienone is 2. The van der Waals surface area contributed by atoms with E-state index in [0.717, 1.165) is 12.8 Å². The Bertz CT molecular complexity index is 2650. The Morgan fingerprint density at radius 2 is 0.784 bits per heavy atom. The SMILES string of the molecule is CC1=C(c2cccc3ccc4ccccc4c23)c2c(cccc2[Si](C)(C)c2cccc3c2C(c2cccc4ccc5ccccc5c24)=C(C)C3)C1. The maximum atomic E-state index is 2.60. The molecule has 0 nitrogen and oxygen atoms in total. The lowest BCUT2D eigenvalue weighted by Gasteiger charge is -2.31. The van der Waals surface area contributed by atoms with Crippen molar-refractivity contribution in [1.29, 1.82) is 0 Å². The third-order valence-electron chi connectivity index (χ3n) is 12.0. The summed E-state index contributed by atoms with van der Waals surface area (Å²) >= 11 is 0. The lowest BCUT2D eigenvalue weighted by Crippen LogP contribution is -2.55. The molecule has 0 unspecified atom stereocenters. The Morgan fingerprint density at radius 3 is 1.25 bits per heavy atom. The minimum atomic E-state index is -2.29. The predicted octanol–water partition coefficient (Wildman–Crippen LogP) is 11.9. The zero-order valence-electron chi connectivity index (χ0n) is 29.8. The molecule has 0 spiro atoms. The van der Waals surface area contributed by atoms with Crippen molar-refractivity contribution in [2.24, 2.45) is 0 Å². The van der Waals surface area contributed by atoms with E-state index in [0.29, 0.717) is 0 Å². The molecule has 1 heteroatoms. The second-order valence-corrected chi connectivity index (χ2v) is 19.7. The Labute approximate surface area is 301 Å². The van der Waals surface area contributed by atoms with Crippen LogP contribution in [-0.4, -0.2) is 8.07 Å². The first-order valence-electron chi connectivity index (χ1n) is 18.4. The first-order valence-corrected chi connectivity index (χ1v) is 21.4. The molecule has 244 valence electrons. The van der Waals surface area contributed by atoms with Crippen LogP contribution in [-0.2, 0) is 12.8 Å². The number of rotatable bonds is 4. The van der Waals surface area contributed by atoms with E-state index in [1.807, 2.05) is 0 Å². The summed E-state index contributed by atoms with van der Waals surface area (Å²) in [6, 6.07) is 55.2. The van der Waals surface area contributed by atoms with Crippen molar-refractivity contribution in [3.05, 3.63) is 190 Å². The molecule has 0 atom stereocenters. The molecular weight excluding hydrogens is 629 g/mol. The zero-order valence-corrected chi connectivity index (χ0v) is 30.8. The third kappa shape index (κ3) is 4.44. The third-order valence-corrected chi connectivity index (χ3v) is 15.5. The summed E-state index contributed by atoms with van der Waals surface area (Å²) in [5.41, 5.74) is 14.5. The Kier molecular flexibility index (Phi) is 6.69. The smallest absolute Gasteiger partial charge is 0.0620 e. The molecule has 51 heavy (non-hydrogen) atoms. The number of hydrogen-bond donors (Lipinski definition) is 0. The van der Waals surface area contributed by atoms with Crippen molar-refractivity contribution in [2.45, 2.75) is 39.8 Å². The molecule has 0 N–H and O–H groups in total. The Hall–Kier alpha value is -5.50. The van der Waals surface area contributed by atoms with Crippen LogP contribution in [0.25, 0.3) is 54.2 Å². The van der Waals surface area contributed by atoms with E-state index < -0.39 is 8.07 Å². The fraction of sp³-hybridized carbons (Fsp3) is 0.120. The van der Waals surface area contributed by atoms with Crippen LogP contribution in [0.15, 0.2) is 157 Å². The Morgan fingerprint density at radius 1 is 0.392 bits per heavy atom. The van der Waals surface area contributed by atoms with Gasteiger partial charge in [-0.3, -0.25) is 0 Å². The van der Waals surface area contributed by atoms with Crippen molar-refractivity contribution < 1.29 is 0 Å². The van der Waals surface area contributed by atoms with Crippen LogP contribution in [0, 0.1) is 0 Å². The summed E-state index contributed by atoms with van der Waals surface area (Å²) in [6.07, 6.45) is 2.01. The van der Waals surface area contributed by atoms with Crippen LogP contribution in [0.3, 0.4) is 0 Å². The van der Waals surface area contributed by atoms with Crippen LogP contribution in [0.5, 0.6) is 0 Å². The molecule has 0 saturated heterocycles. The van der Waals surface area contributed by atoms with Crippen LogP contribution in [0.1, 0.15) is 47.2 Å². The molecule has 2 aliphatic carbocycles. The normalized spacial score (nSPS) is 14.4. The lowest BCUT2D eigenvalue weighted by atomic mass is 9.90. The largest absolute Gasteiger partial charge is 0.113 e. The molecule has 0 radical (unpaired) electrons. The van der Waals surface area contributed by atoms with Gasteiger partial charge < -0.3 is 0 Å². The van der Waals surface area contributed by atoms with Gasteiger partial charge in [-0.05, 0) is 125 Å². The van der Waals surface area contributed by atoms with Gasteiger partial charge in [0.25, 0.3) is 0 Å². The van der Waals surface area contributed by atoms with E-state index in [4.69, 9.17) is 0 Å². The van der Waals surface area contributed by atoms with Crippen molar-refractivity contribution in [1.82, 2.24) is 0 Å². The lowest BCUT2D eigenvalue weighted by molar-refractivity contribution is 1.19. The second-order valence-electron chi connectivity index (χ2n) is 15.3. The van der Waals surface area contributed by atoms with E-state index in [2.05, 4.69) is 173 Å². The summed E-state index contributed by atoms with van der Waals surface area (Å²) in [6.45, 7) is 9.94. The summed E-state index contributed by atoms with van der Waals surface area (Å²) in [5, 5.41) is 13.7. The predicted molar refractivity (Wildman–Crippen MR) is 223 cm³/mol. The van der Waals surface area contributed by atoms with Gasteiger partial charge in [0, 0.05) is 0 Å². The summed E-state index contributed by atoms with van der Waals surface area (Å²) in [5.74, 6) is 0. The number of benzene rings is 8. The second kappa shape index (κ2) is 11.3. The molecule has 10 rings (SSSR count). The average Bonchev–Trinajstić information content (AvgIpc) is 3.68. The van der Waals surface area contributed by atoms with Gasteiger partial charge in [0.1, 0.15) is 8.07 Å². The van der Waals surface area contributed by atoms with Crippen molar-refractivity contribution in [3.8, 4) is 0 Å². The highest BCUT2D eigenvalue weighted by molar-refractivity contribution is 7.01. The maximum Gasteiger partial charge on any atom is 0.113 e. The van der Waals surface area contributed by atoms with E-state index in [9.17, 15) is 0 Å². The van der Waals surface area contributed by atoms with Crippen LogP contribution < -0.4 is 10.4 Å². The molecule has 2 aliphatic rings. The van der Waals surface area contributed by atoms with Crippen LogP contribution in [0.4, 0.5) is 0 Å². The van der Waals surface area contributed by atoms with Crippen molar-refractivity contribution in [3.63, 3.8) is 0 Å². The fourth-order valence-corrected chi connectivity index (χ4v) is 12.8. The monoisotopic (exact) mass is 668 g/mol. The fourth-order valence-electron chi connectivity index (χ4n) is 9.71. The molecular formula is C50H40Si. The molecule has 0 aromatic heterocycles. The summed E-state index contributed by atoms with van der Waals surface area (Å²) < 4.78 is 0. The highest BCUT2D eigenvalue weighted by Crippen LogP contribution is 2.44. The highest BCUT2D eigenvalue weighted by atomic mass is 28.3. The minimum absolute atomic E-state index is 1.00. The minimum Gasteiger partial charge on any atom is -0.0620 e. The van der Waals surface area contributed by atoms with E-state index in [-0.39, 0.29) is 0 Å². The van der Waals surface area contributed by atoms with Gasteiger partial charge in [-0.25, -0.2) is 0 Å². The van der Waals surface area contributed by atoms with Crippen molar-refractivity contribution >= 4 is 72.7 Å². The molecule has 0 aliphatic heterocycles.